The minimum Gasteiger partial charge on any atom is -0.358 e. The van der Waals surface area contributed by atoms with E-state index in [0.717, 1.165) is 22.9 Å². The molecule has 0 bridgehead atoms. The topological polar surface area (TPSA) is 92.0 Å². The maximum Gasteiger partial charge on any atom is 0.323 e. The van der Waals surface area contributed by atoms with Crippen LogP contribution in [0.4, 0.5) is 9.59 Å². The van der Waals surface area contributed by atoms with Crippen molar-refractivity contribution in [2.45, 2.75) is 32.2 Å². The van der Waals surface area contributed by atoms with Crippen molar-refractivity contribution in [3.8, 4) is 0 Å². The lowest BCUT2D eigenvalue weighted by atomic mass is 10.0. The first-order valence-corrected chi connectivity index (χ1v) is 9.80. The fourth-order valence-electron chi connectivity index (χ4n) is 4.78. The maximum atomic E-state index is 13.1. The molecule has 2 aromatic rings. The van der Waals surface area contributed by atoms with Crippen LogP contribution in [0, 0.1) is 6.92 Å². The number of carbonyl (C=O) groups is 3. The molecule has 152 valence electrons. The fourth-order valence-corrected chi connectivity index (χ4v) is 4.78. The zero-order chi connectivity index (χ0) is 20.4. The summed E-state index contributed by atoms with van der Waals surface area (Å²) in [7, 11) is 3.31. The van der Waals surface area contributed by atoms with Gasteiger partial charge in [-0.1, -0.05) is 18.2 Å². The van der Waals surface area contributed by atoms with Gasteiger partial charge >= 0.3 is 12.1 Å². The van der Waals surface area contributed by atoms with E-state index in [0.29, 0.717) is 13.1 Å². The van der Waals surface area contributed by atoms with Gasteiger partial charge in [0.25, 0.3) is 0 Å². The quantitative estimate of drug-likeness (QED) is 0.794. The van der Waals surface area contributed by atoms with Crippen LogP contribution in [0.1, 0.15) is 16.8 Å². The highest BCUT2D eigenvalue weighted by Crippen LogP contribution is 2.30. The van der Waals surface area contributed by atoms with Gasteiger partial charge in [0.1, 0.15) is 18.9 Å². The van der Waals surface area contributed by atoms with Crippen molar-refractivity contribution in [3.63, 3.8) is 0 Å². The summed E-state index contributed by atoms with van der Waals surface area (Å²) in [5.41, 5.74) is 4.65. The highest BCUT2D eigenvalue weighted by atomic mass is 16.2. The molecule has 4 heterocycles. The van der Waals surface area contributed by atoms with E-state index >= 15 is 0 Å². The highest BCUT2D eigenvalue weighted by molar-refractivity contribution is 5.90. The van der Waals surface area contributed by atoms with Crippen LogP contribution in [-0.2, 0) is 17.8 Å². The number of likely N-dealkylation sites (N-methyl/N-ethyl adjacent to an activating group) is 2. The van der Waals surface area contributed by atoms with Crippen LogP contribution in [0.15, 0.2) is 18.2 Å². The minimum absolute atomic E-state index is 0.0465. The summed E-state index contributed by atoms with van der Waals surface area (Å²) in [5, 5.41) is 3.95. The van der Waals surface area contributed by atoms with E-state index in [4.69, 9.17) is 0 Å². The zero-order valence-electron chi connectivity index (χ0n) is 16.7. The Bertz CT molecular complexity index is 1050. The number of aromatic nitrogens is 1. The van der Waals surface area contributed by atoms with Gasteiger partial charge in [-0.15, -0.1) is 0 Å². The van der Waals surface area contributed by atoms with Crippen LogP contribution < -0.4 is 5.32 Å². The summed E-state index contributed by atoms with van der Waals surface area (Å²) in [6.45, 7) is 3.16. The van der Waals surface area contributed by atoms with Gasteiger partial charge < -0.3 is 25.0 Å². The van der Waals surface area contributed by atoms with Crippen molar-refractivity contribution in [2.24, 2.45) is 0 Å². The Hall–Kier alpha value is -3.23. The number of carbonyl (C=O) groups excluding carboxylic acids is 3. The number of urea groups is 2. The van der Waals surface area contributed by atoms with Gasteiger partial charge in [0.2, 0.25) is 5.91 Å². The van der Waals surface area contributed by atoms with Crippen LogP contribution in [0.5, 0.6) is 0 Å². The van der Waals surface area contributed by atoms with E-state index in [2.05, 4.69) is 29.4 Å². The first kappa shape index (κ1) is 17.8. The Morgan fingerprint density at radius 1 is 1.21 bits per heavy atom. The molecule has 2 unspecified atom stereocenters. The second-order valence-electron chi connectivity index (χ2n) is 8.09. The molecule has 5 amide bonds. The van der Waals surface area contributed by atoms with Crippen LogP contribution in [0.2, 0.25) is 0 Å². The number of aromatic amines is 1. The second-order valence-corrected chi connectivity index (χ2v) is 8.09. The van der Waals surface area contributed by atoms with Crippen molar-refractivity contribution < 1.29 is 14.4 Å². The lowest BCUT2D eigenvalue weighted by Gasteiger charge is -2.31. The number of hydrogen-bond donors (Lipinski definition) is 2. The molecule has 9 heteroatoms. The third-order valence-corrected chi connectivity index (χ3v) is 6.43. The number of H-pyrrole nitrogens is 1. The molecule has 3 aliphatic rings. The average Bonchev–Trinajstić information content (AvgIpc) is 3.30. The second kappa shape index (κ2) is 6.13. The van der Waals surface area contributed by atoms with Gasteiger partial charge in [-0.25, -0.2) is 9.59 Å². The number of nitrogens with one attached hydrogen (secondary N) is 2. The molecule has 0 aliphatic carbocycles. The molecule has 2 saturated heterocycles. The summed E-state index contributed by atoms with van der Waals surface area (Å²) in [6, 6.07) is 5.70. The lowest BCUT2D eigenvalue weighted by Crippen LogP contribution is -2.50. The number of amides is 5. The summed E-state index contributed by atoms with van der Waals surface area (Å²) < 4.78 is 0. The van der Waals surface area contributed by atoms with Crippen LogP contribution in [0.25, 0.3) is 10.9 Å². The maximum absolute atomic E-state index is 13.1. The Balaban J connectivity index is 1.36. The predicted octanol–water partition coefficient (Wildman–Crippen LogP) is 1.04. The van der Waals surface area contributed by atoms with Crippen LogP contribution >= 0.6 is 0 Å². The standard InChI is InChI=1S/C20H24N6O3/c1-11-5-4-6-12-13-9-25(8-7-14(13)21-16(11)12)15(27)10-26-18-17(22-19(26)28)23(2)20(29)24(18)3/h4-6,17-18,21H,7-10H2,1-3H3,(H,22,28). The number of aryl methyl sites for hydroxylation is 1. The van der Waals surface area contributed by atoms with Gasteiger partial charge in [0, 0.05) is 55.8 Å². The van der Waals surface area contributed by atoms with Gasteiger partial charge in [-0.2, -0.15) is 0 Å². The SMILES string of the molecule is Cc1cccc2c3c([nH]c12)CCN(C(=O)CN1C(=O)NC2C1N(C)C(=O)N2C)C3. The van der Waals surface area contributed by atoms with Crippen molar-refractivity contribution >= 4 is 28.9 Å². The summed E-state index contributed by atoms with van der Waals surface area (Å²) in [4.78, 5) is 47.5. The summed E-state index contributed by atoms with van der Waals surface area (Å²) >= 11 is 0. The largest absolute Gasteiger partial charge is 0.358 e. The van der Waals surface area contributed by atoms with E-state index in [1.807, 2.05) is 6.07 Å². The molecule has 29 heavy (non-hydrogen) atoms. The molecule has 2 fully saturated rings. The first-order chi connectivity index (χ1) is 13.9. The normalized spacial score (nSPS) is 23.7. The average molecular weight is 396 g/mol. The van der Waals surface area contributed by atoms with Crippen molar-refractivity contribution in [3.05, 3.63) is 35.0 Å². The Kier molecular flexibility index (Phi) is 3.77. The third-order valence-electron chi connectivity index (χ3n) is 6.43. The molecule has 0 saturated carbocycles. The van der Waals surface area contributed by atoms with Crippen molar-refractivity contribution in [1.29, 1.82) is 0 Å². The number of fused-ring (bicyclic) bond motifs is 4. The summed E-state index contributed by atoms with van der Waals surface area (Å²) in [5.74, 6) is -0.108. The molecule has 1 aromatic carbocycles. The van der Waals surface area contributed by atoms with Crippen LogP contribution in [-0.4, -0.2) is 82.1 Å². The number of rotatable bonds is 2. The number of nitrogens with zero attached hydrogens (tertiary/aromatic N) is 4. The van der Waals surface area contributed by atoms with Gasteiger partial charge in [-0.05, 0) is 12.5 Å². The molecule has 1 aromatic heterocycles. The van der Waals surface area contributed by atoms with Gasteiger partial charge in [0.15, 0.2) is 0 Å². The molecule has 2 N–H and O–H groups in total. The fraction of sp³-hybridized carbons (Fsp3) is 0.450. The van der Waals surface area contributed by atoms with Crippen molar-refractivity contribution in [2.75, 3.05) is 27.2 Å². The molecule has 2 atom stereocenters. The Labute approximate surface area is 168 Å². The van der Waals surface area contributed by atoms with E-state index in [9.17, 15) is 14.4 Å². The Morgan fingerprint density at radius 2 is 2.00 bits per heavy atom. The molecule has 3 aliphatic heterocycles. The van der Waals surface area contributed by atoms with Crippen molar-refractivity contribution in [1.82, 2.24) is 29.9 Å². The summed E-state index contributed by atoms with van der Waals surface area (Å²) in [6.07, 6.45) is -0.147. The molecule has 0 radical (unpaired) electrons. The van der Waals surface area contributed by atoms with Crippen LogP contribution in [0.3, 0.4) is 0 Å². The predicted molar refractivity (Wildman–Crippen MR) is 106 cm³/mol. The number of benzene rings is 1. The molecule has 0 spiro atoms. The molecular weight excluding hydrogens is 372 g/mol. The Morgan fingerprint density at radius 3 is 2.79 bits per heavy atom. The lowest BCUT2D eigenvalue weighted by molar-refractivity contribution is -0.133. The highest BCUT2D eigenvalue weighted by Gasteiger charge is 2.53. The monoisotopic (exact) mass is 396 g/mol. The van der Waals surface area contributed by atoms with E-state index in [1.54, 1.807) is 19.0 Å². The van der Waals surface area contributed by atoms with E-state index < -0.39 is 12.3 Å². The number of hydrogen-bond acceptors (Lipinski definition) is 3. The van der Waals surface area contributed by atoms with E-state index in [1.165, 1.54) is 26.0 Å². The minimum atomic E-state index is -0.472. The van der Waals surface area contributed by atoms with Gasteiger partial charge in [0.05, 0.1) is 0 Å². The first-order valence-electron chi connectivity index (χ1n) is 9.80. The smallest absolute Gasteiger partial charge is 0.323 e. The molecule has 5 rings (SSSR count). The zero-order valence-corrected chi connectivity index (χ0v) is 16.7. The third kappa shape index (κ3) is 2.49. The van der Waals surface area contributed by atoms with E-state index in [-0.39, 0.29) is 24.5 Å². The molecule has 9 nitrogen and oxygen atoms in total. The molecular formula is C20H24N6O3. The van der Waals surface area contributed by atoms with Gasteiger partial charge in [-0.3, -0.25) is 9.69 Å². The number of para-hydroxylation sites is 1.